The molecule has 2 heterocycles. The first kappa shape index (κ1) is 12.0. The van der Waals surface area contributed by atoms with Gasteiger partial charge in [0.2, 0.25) is 0 Å². The van der Waals surface area contributed by atoms with Crippen LogP contribution in [0.5, 0.6) is 0 Å². The summed E-state index contributed by atoms with van der Waals surface area (Å²) < 4.78 is 2.67. The zero-order chi connectivity index (χ0) is 12.7. The van der Waals surface area contributed by atoms with Gasteiger partial charge in [0.15, 0.2) is 0 Å². The van der Waals surface area contributed by atoms with Crippen molar-refractivity contribution in [2.75, 3.05) is 0 Å². The first-order valence-electron chi connectivity index (χ1n) is 5.09. The Morgan fingerprint density at radius 2 is 2.00 bits per heavy atom. The second-order valence-electron chi connectivity index (χ2n) is 3.65. The number of hydrogen-bond acceptors (Lipinski definition) is 2. The Bertz CT molecular complexity index is 794. The number of pyridine rings is 1. The first-order valence-corrected chi connectivity index (χ1v) is 7.47. The number of aromatic nitrogens is 2. The van der Waals surface area contributed by atoms with Crippen LogP contribution in [0.1, 0.15) is 0 Å². The third kappa shape index (κ3) is 1.91. The minimum absolute atomic E-state index is 0.0534. The summed E-state index contributed by atoms with van der Waals surface area (Å²) in [5.74, 6) is 0.474. The van der Waals surface area contributed by atoms with E-state index >= 15 is 0 Å². The third-order valence-corrected chi connectivity index (χ3v) is 5.21. The molecule has 0 N–H and O–H groups in total. The fourth-order valence-corrected chi connectivity index (χ4v) is 4.35. The maximum atomic E-state index is 12.2. The number of nitrogens with zero attached hydrogens (tertiary/aromatic N) is 2. The van der Waals surface area contributed by atoms with Gasteiger partial charge in [0.25, 0.3) is 0 Å². The van der Waals surface area contributed by atoms with E-state index in [2.05, 4.69) is 4.98 Å². The van der Waals surface area contributed by atoms with Crippen LogP contribution in [0.3, 0.4) is 0 Å². The van der Waals surface area contributed by atoms with E-state index in [0.717, 1.165) is 9.65 Å². The van der Waals surface area contributed by atoms with E-state index in [-0.39, 0.29) is 20.3 Å². The van der Waals surface area contributed by atoms with Crippen LogP contribution in [0, 0.1) is 0 Å². The van der Waals surface area contributed by atoms with Gasteiger partial charge in [-0.3, -0.25) is 0 Å². The maximum absolute atomic E-state index is 12.2. The molecule has 1 aromatic carbocycles. The summed E-state index contributed by atoms with van der Waals surface area (Å²) in [6, 6.07) is 9.15. The molecule has 3 aromatic rings. The van der Waals surface area contributed by atoms with E-state index in [1.54, 1.807) is 9.63 Å². The Labute approximate surface area is 119 Å². The van der Waals surface area contributed by atoms with Gasteiger partial charge in [-0.2, -0.15) is 0 Å². The minimum atomic E-state index is -0.127. The van der Waals surface area contributed by atoms with Gasteiger partial charge >= 0.3 is 119 Å². The Morgan fingerprint density at radius 1 is 1.22 bits per heavy atom. The van der Waals surface area contributed by atoms with Crippen LogP contribution in [0.4, 0.5) is 0 Å². The molecule has 0 saturated carbocycles. The van der Waals surface area contributed by atoms with E-state index in [1.807, 2.05) is 24.3 Å². The molecular formula is C12H6Cl2N2OSe. The van der Waals surface area contributed by atoms with Crippen LogP contribution in [-0.4, -0.2) is 23.3 Å². The molecule has 6 heteroatoms. The Hall–Kier alpha value is -1.06. The fraction of sp³-hybridized carbons (Fsp3) is 0. The van der Waals surface area contributed by atoms with Gasteiger partial charge in [0.1, 0.15) is 0 Å². The van der Waals surface area contributed by atoms with E-state index in [0.29, 0.717) is 15.9 Å². The normalized spacial score (nSPS) is 11.0. The molecule has 90 valence electrons. The van der Waals surface area contributed by atoms with Gasteiger partial charge in [-0.15, -0.1) is 0 Å². The Balaban J connectivity index is 2.32. The van der Waals surface area contributed by atoms with E-state index in [4.69, 9.17) is 23.2 Å². The zero-order valence-electron chi connectivity index (χ0n) is 8.93. The summed E-state index contributed by atoms with van der Waals surface area (Å²) in [6.07, 6.45) is 1.50. The zero-order valence-corrected chi connectivity index (χ0v) is 12.2. The molecule has 0 aliphatic carbocycles. The van der Waals surface area contributed by atoms with Crippen LogP contribution in [-0.2, 0) is 0 Å². The predicted molar refractivity (Wildman–Crippen MR) is 74.3 cm³/mol. The Kier molecular flexibility index (Phi) is 3.04. The SMILES string of the molecule is O=c1c2ccccc2[se]n1-c1ncc(Cl)cc1Cl. The van der Waals surface area contributed by atoms with Crippen LogP contribution in [0.2, 0.25) is 10.0 Å². The molecule has 2 aromatic heterocycles. The average molecular weight is 344 g/mol. The van der Waals surface area contributed by atoms with Crippen LogP contribution in [0.15, 0.2) is 41.3 Å². The van der Waals surface area contributed by atoms with Gasteiger partial charge in [0, 0.05) is 0 Å². The molecule has 3 rings (SSSR count). The van der Waals surface area contributed by atoms with Crippen molar-refractivity contribution in [3.05, 3.63) is 56.9 Å². The molecule has 3 nitrogen and oxygen atoms in total. The topological polar surface area (TPSA) is 34.9 Å². The summed E-state index contributed by atoms with van der Waals surface area (Å²) >= 11 is 11.8. The summed E-state index contributed by atoms with van der Waals surface area (Å²) in [4.78, 5) is 16.4. The molecule has 0 aliphatic heterocycles. The molecule has 0 unspecified atom stereocenters. The molecule has 0 spiro atoms. The molecule has 0 saturated heterocycles. The van der Waals surface area contributed by atoms with Crippen molar-refractivity contribution in [2.45, 2.75) is 0 Å². The van der Waals surface area contributed by atoms with E-state index in [1.165, 1.54) is 6.20 Å². The Morgan fingerprint density at radius 3 is 2.72 bits per heavy atom. The van der Waals surface area contributed by atoms with Gasteiger partial charge in [0.05, 0.1) is 0 Å². The number of benzene rings is 1. The second kappa shape index (κ2) is 4.56. The van der Waals surface area contributed by atoms with Gasteiger partial charge in [-0.1, -0.05) is 0 Å². The van der Waals surface area contributed by atoms with E-state index in [9.17, 15) is 4.79 Å². The molecule has 0 bridgehead atoms. The van der Waals surface area contributed by atoms with Crippen molar-refractivity contribution in [3.8, 4) is 5.82 Å². The van der Waals surface area contributed by atoms with Crippen molar-refractivity contribution in [2.24, 2.45) is 0 Å². The van der Waals surface area contributed by atoms with Gasteiger partial charge in [-0.25, -0.2) is 0 Å². The predicted octanol–water partition coefficient (Wildman–Crippen LogP) is 2.75. The molecule has 0 amide bonds. The molecular weight excluding hydrogens is 338 g/mol. The standard InChI is InChI=1S/C12H6Cl2N2OSe/c13-7-5-9(14)11(15-6-7)16-12(17)8-3-1-2-4-10(8)18-16/h1-6H. The summed E-state index contributed by atoms with van der Waals surface area (Å²) in [5, 5.41) is 1.58. The molecule has 0 atom stereocenters. The average Bonchev–Trinajstić information content (AvgIpc) is 2.68. The third-order valence-electron chi connectivity index (χ3n) is 2.47. The summed E-state index contributed by atoms with van der Waals surface area (Å²) in [7, 11) is 0. The van der Waals surface area contributed by atoms with Crippen molar-refractivity contribution >= 4 is 47.6 Å². The van der Waals surface area contributed by atoms with Crippen LogP contribution in [0.25, 0.3) is 15.5 Å². The van der Waals surface area contributed by atoms with Crippen molar-refractivity contribution in [1.29, 1.82) is 0 Å². The first-order chi connectivity index (χ1) is 8.66. The molecule has 0 radical (unpaired) electrons. The summed E-state index contributed by atoms with van der Waals surface area (Å²) in [6.45, 7) is 0. The number of rotatable bonds is 1. The molecule has 0 fully saturated rings. The van der Waals surface area contributed by atoms with Crippen molar-refractivity contribution in [1.82, 2.24) is 8.55 Å². The van der Waals surface area contributed by atoms with Crippen molar-refractivity contribution in [3.63, 3.8) is 0 Å². The summed E-state index contributed by atoms with van der Waals surface area (Å²) in [5.41, 5.74) is -0.0534. The number of hydrogen-bond donors (Lipinski definition) is 0. The van der Waals surface area contributed by atoms with Gasteiger partial charge < -0.3 is 0 Å². The number of halogens is 2. The fourth-order valence-electron chi connectivity index (χ4n) is 1.67. The van der Waals surface area contributed by atoms with Gasteiger partial charge in [-0.05, 0) is 0 Å². The molecule has 18 heavy (non-hydrogen) atoms. The van der Waals surface area contributed by atoms with Crippen LogP contribution >= 0.6 is 23.2 Å². The second-order valence-corrected chi connectivity index (χ2v) is 6.56. The van der Waals surface area contributed by atoms with Crippen molar-refractivity contribution < 1.29 is 0 Å². The van der Waals surface area contributed by atoms with E-state index < -0.39 is 0 Å². The molecule has 0 aliphatic rings. The number of fused-ring (bicyclic) bond motifs is 1. The van der Waals surface area contributed by atoms with Crippen LogP contribution < -0.4 is 5.56 Å². The quantitative estimate of drug-likeness (QED) is 0.637. The monoisotopic (exact) mass is 344 g/mol.